The van der Waals surface area contributed by atoms with Crippen LogP contribution in [0.5, 0.6) is 0 Å². The van der Waals surface area contributed by atoms with Gasteiger partial charge in [-0.15, -0.1) is 6.58 Å². The van der Waals surface area contributed by atoms with Crippen LogP contribution in [-0.4, -0.2) is 74.0 Å². The van der Waals surface area contributed by atoms with Crippen molar-refractivity contribution in [3.8, 4) is 0 Å². The molecule has 1 saturated heterocycles. The standard InChI is InChI=1S/C16H28O7/c1-5-16(4,8-6-7-15(2,3)21)23-14-13(20)12(19)11(18)10(9-17)22-14/h5-7,10-14,17-21H,1,8-9H2,2-4H3/t10-,11-,12+,13-,14+,16-/m1/s1. The molecule has 0 aromatic carbocycles. The van der Waals surface area contributed by atoms with Crippen molar-refractivity contribution >= 4 is 0 Å². The molecule has 1 heterocycles. The van der Waals surface area contributed by atoms with Crippen LogP contribution in [0.3, 0.4) is 0 Å². The molecule has 5 N–H and O–H groups in total. The van der Waals surface area contributed by atoms with Gasteiger partial charge in [0.15, 0.2) is 6.29 Å². The minimum Gasteiger partial charge on any atom is -0.394 e. The van der Waals surface area contributed by atoms with Crippen molar-refractivity contribution in [1.29, 1.82) is 0 Å². The number of rotatable bonds is 7. The minimum absolute atomic E-state index is 0.343. The molecule has 6 atom stereocenters. The van der Waals surface area contributed by atoms with E-state index in [9.17, 15) is 25.5 Å². The van der Waals surface area contributed by atoms with Crippen LogP contribution in [-0.2, 0) is 9.47 Å². The summed E-state index contributed by atoms with van der Waals surface area (Å²) in [6, 6.07) is 0. The van der Waals surface area contributed by atoms with E-state index in [0.29, 0.717) is 6.42 Å². The second-order valence-corrected chi connectivity index (χ2v) is 6.59. The van der Waals surface area contributed by atoms with Gasteiger partial charge in [-0.2, -0.15) is 0 Å². The maximum absolute atomic E-state index is 10.0. The van der Waals surface area contributed by atoms with Gasteiger partial charge in [-0.1, -0.05) is 18.2 Å². The number of hydrogen-bond acceptors (Lipinski definition) is 7. The molecule has 0 bridgehead atoms. The average Bonchev–Trinajstić information content (AvgIpc) is 2.46. The maximum atomic E-state index is 10.0. The minimum atomic E-state index is -1.49. The van der Waals surface area contributed by atoms with E-state index in [-0.39, 0.29) is 0 Å². The summed E-state index contributed by atoms with van der Waals surface area (Å²) in [5.74, 6) is 0. The van der Waals surface area contributed by atoms with Gasteiger partial charge in [-0.3, -0.25) is 0 Å². The smallest absolute Gasteiger partial charge is 0.187 e. The third-order valence-electron chi connectivity index (χ3n) is 3.71. The molecule has 0 spiro atoms. The summed E-state index contributed by atoms with van der Waals surface area (Å²) >= 11 is 0. The summed E-state index contributed by atoms with van der Waals surface area (Å²) in [6.45, 7) is 8.14. The zero-order valence-electron chi connectivity index (χ0n) is 13.8. The first kappa shape index (κ1) is 20.2. The van der Waals surface area contributed by atoms with Crippen molar-refractivity contribution in [2.24, 2.45) is 0 Å². The molecule has 134 valence electrons. The highest BCUT2D eigenvalue weighted by Gasteiger charge is 2.45. The van der Waals surface area contributed by atoms with Gasteiger partial charge < -0.3 is 35.0 Å². The van der Waals surface area contributed by atoms with E-state index >= 15 is 0 Å². The molecule has 0 unspecified atom stereocenters. The SMILES string of the molecule is C=C[C@](C)(CC=CC(C)(C)O)O[C@@H]1O[C@H](CO)[C@@H](O)[C@H](O)[C@H]1O. The lowest BCUT2D eigenvalue weighted by Gasteiger charge is -2.42. The van der Waals surface area contributed by atoms with Crippen LogP contribution in [0.4, 0.5) is 0 Å². The lowest BCUT2D eigenvalue weighted by atomic mass is 9.97. The zero-order valence-corrected chi connectivity index (χ0v) is 13.8. The van der Waals surface area contributed by atoms with E-state index in [4.69, 9.17) is 9.47 Å². The van der Waals surface area contributed by atoms with Crippen LogP contribution in [0.1, 0.15) is 27.2 Å². The van der Waals surface area contributed by atoms with Crippen LogP contribution in [0.2, 0.25) is 0 Å². The van der Waals surface area contributed by atoms with E-state index in [2.05, 4.69) is 6.58 Å². The molecule has 0 radical (unpaired) electrons. The summed E-state index contributed by atoms with van der Waals surface area (Å²) in [4.78, 5) is 0. The van der Waals surface area contributed by atoms with Gasteiger partial charge in [0.25, 0.3) is 0 Å². The molecule has 0 aromatic rings. The third kappa shape index (κ3) is 5.65. The molecule has 1 rings (SSSR count). The maximum Gasteiger partial charge on any atom is 0.187 e. The second-order valence-electron chi connectivity index (χ2n) is 6.59. The highest BCUT2D eigenvalue weighted by Crippen LogP contribution is 2.28. The second kappa shape index (κ2) is 7.85. The summed E-state index contributed by atoms with van der Waals surface area (Å²) in [5.41, 5.74) is -1.90. The Labute approximate surface area is 136 Å². The van der Waals surface area contributed by atoms with Crippen LogP contribution in [0.25, 0.3) is 0 Å². The van der Waals surface area contributed by atoms with E-state index in [1.165, 1.54) is 6.08 Å². The fourth-order valence-corrected chi connectivity index (χ4v) is 2.19. The number of aliphatic hydroxyl groups excluding tert-OH is 4. The summed E-state index contributed by atoms with van der Waals surface area (Å²) in [7, 11) is 0. The van der Waals surface area contributed by atoms with Gasteiger partial charge in [0.05, 0.1) is 17.8 Å². The predicted molar refractivity (Wildman–Crippen MR) is 83.5 cm³/mol. The molecule has 7 heteroatoms. The number of aliphatic hydroxyl groups is 5. The summed E-state index contributed by atoms with van der Waals surface area (Å²) in [5, 5.41) is 48.4. The monoisotopic (exact) mass is 332 g/mol. The molecule has 7 nitrogen and oxygen atoms in total. The summed E-state index contributed by atoms with van der Waals surface area (Å²) in [6.07, 6.45) is -1.48. The van der Waals surface area contributed by atoms with Gasteiger partial charge in [-0.05, 0) is 27.2 Å². The molecule has 0 aromatic heterocycles. The van der Waals surface area contributed by atoms with E-state index in [0.717, 1.165) is 0 Å². The number of ether oxygens (including phenoxy) is 2. The lowest BCUT2D eigenvalue weighted by molar-refractivity contribution is -0.318. The van der Waals surface area contributed by atoms with Gasteiger partial charge in [0.1, 0.15) is 24.4 Å². The Morgan fingerprint density at radius 1 is 1.13 bits per heavy atom. The molecule has 0 aliphatic carbocycles. The fourth-order valence-electron chi connectivity index (χ4n) is 2.19. The Morgan fingerprint density at radius 2 is 1.74 bits per heavy atom. The van der Waals surface area contributed by atoms with Crippen LogP contribution in [0.15, 0.2) is 24.8 Å². The van der Waals surface area contributed by atoms with Crippen molar-refractivity contribution in [2.45, 2.75) is 69.1 Å². The van der Waals surface area contributed by atoms with Crippen molar-refractivity contribution in [1.82, 2.24) is 0 Å². The Hall–Kier alpha value is -0.800. The van der Waals surface area contributed by atoms with Gasteiger partial charge in [0, 0.05) is 0 Å². The molecule has 23 heavy (non-hydrogen) atoms. The molecule has 1 fully saturated rings. The topological polar surface area (TPSA) is 120 Å². The molecular weight excluding hydrogens is 304 g/mol. The highest BCUT2D eigenvalue weighted by molar-refractivity contribution is 5.05. The van der Waals surface area contributed by atoms with Crippen LogP contribution < -0.4 is 0 Å². The largest absolute Gasteiger partial charge is 0.394 e. The quantitative estimate of drug-likeness (QED) is 0.397. The normalized spacial score (nSPS) is 35.2. The van der Waals surface area contributed by atoms with Crippen molar-refractivity contribution in [3.63, 3.8) is 0 Å². The van der Waals surface area contributed by atoms with Gasteiger partial charge in [0.2, 0.25) is 0 Å². The average molecular weight is 332 g/mol. The first-order chi connectivity index (χ1) is 10.5. The number of hydrogen-bond donors (Lipinski definition) is 5. The zero-order chi connectivity index (χ0) is 17.8. The van der Waals surface area contributed by atoms with Crippen LogP contribution >= 0.6 is 0 Å². The third-order valence-corrected chi connectivity index (χ3v) is 3.71. The Balaban J connectivity index is 2.80. The van der Waals surface area contributed by atoms with Crippen molar-refractivity contribution in [2.75, 3.05) is 6.61 Å². The van der Waals surface area contributed by atoms with E-state index in [1.807, 2.05) is 0 Å². The summed E-state index contributed by atoms with van der Waals surface area (Å²) < 4.78 is 11.0. The Bertz CT molecular complexity index is 415. The van der Waals surface area contributed by atoms with Gasteiger partial charge >= 0.3 is 0 Å². The van der Waals surface area contributed by atoms with Crippen molar-refractivity contribution in [3.05, 3.63) is 24.8 Å². The van der Waals surface area contributed by atoms with E-state index < -0.39 is 48.5 Å². The van der Waals surface area contributed by atoms with Crippen molar-refractivity contribution < 1.29 is 35.0 Å². The Kier molecular flexibility index (Phi) is 6.91. The molecular formula is C16H28O7. The lowest BCUT2D eigenvalue weighted by Crippen LogP contribution is -2.60. The van der Waals surface area contributed by atoms with Gasteiger partial charge in [-0.25, -0.2) is 0 Å². The molecule has 1 aliphatic heterocycles. The molecule has 0 saturated carbocycles. The Morgan fingerprint density at radius 3 is 2.22 bits per heavy atom. The first-order valence-electron chi connectivity index (χ1n) is 7.55. The van der Waals surface area contributed by atoms with Crippen LogP contribution in [0, 0.1) is 0 Å². The predicted octanol–water partition coefficient (Wildman–Crippen LogP) is -0.535. The molecule has 0 amide bonds. The molecule has 1 aliphatic rings. The fraction of sp³-hybridized carbons (Fsp3) is 0.750. The van der Waals surface area contributed by atoms with E-state index in [1.54, 1.807) is 32.9 Å². The first-order valence-corrected chi connectivity index (χ1v) is 7.55. The highest BCUT2D eigenvalue weighted by atomic mass is 16.7.